The molecule has 13 heavy (non-hydrogen) atoms. The van der Waals surface area contributed by atoms with Crippen LogP contribution in [0.1, 0.15) is 26.3 Å². The van der Waals surface area contributed by atoms with Gasteiger partial charge in [-0.05, 0) is 13.3 Å². The molecule has 1 aromatic heterocycles. The van der Waals surface area contributed by atoms with Crippen LogP contribution in [0.3, 0.4) is 0 Å². The minimum Gasteiger partial charge on any atom is -0.333 e. The van der Waals surface area contributed by atoms with Gasteiger partial charge in [-0.1, -0.05) is 6.92 Å². The molecule has 1 atom stereocenters. The molecule has 74 valence electrons. The van der Waals surface area contributed by atoms with Crippen molar-refractivity contribution < 1.29 is 8.42 Å². The Morgan fingerprint density at radius 1 is 1.69 bits per heavy atom. The van der Waals surface area contributed by atoms with E-state index >= 15 is 0 Å². The molecule has 0 aliphatic carbocycles. The summed E-state index contributed by atoms with van der Waals surface area (Å²) in [4.78, 5) is 3.70. The molecule has 6 heteroatoms. The van der Waals surface area contributed by atoms with Crippen LogP contribution >= 0.6 is 10.7 Å². The highest BCUT2D eigenvalue weighted by Crippen LogP contribution is 2.15. The predicted molar refractivity (Wildman–Crippen MR) is 50.3 cm³/mol. The van der Waals surface area contributed by atoms with Crippen LogP contribution < -0.4 is 0 Å². The first-order valence-electron chi connectivity index (χ1n) is 3.93. The van der Waals surface area contributed by atoms with Crippen LogP contribution in [0.25, 0.3) is 0 Å². The number of hydrogen-bond donors (Lipinski definition) is 0. The quantitative estimate of drug-likeness (QED) is 0.733. The van der Waals surface area contributed by atoms with Crippen molar-refractivity contribution in [1.82, 2.24) is 9.55 Å². The molecule has 0 N–H and O–H groups in total. The second-order valence-electron chi connectivity index (χ2n) is 2.85. The number of imidazole rings is 1. The van der Waals surface area contributed by atoms with E-state index in [1.807, 2.05) is 13.8 Å². The lowest BCUT2D eigenvalue weighted by atomic mass is 10.3. The molecule has 0 aliphatic heterocycles. The Kier molecular flexibility index (Phi) is 2.98. The van der Waals surface area contributed by atoms with Gasteiger partial charge >= 0.3 is 0 Å². The third-order valence-electron chi connectivity index (χ3n) is 1.93. The SMILES string of the molecule is CC[C@@H](C)n1cnc(S(=O)(=O)Cl)c1. The average molecular weight is 223 g/mol. The zero-order valence-electron chi connectivity index (χ0n) is 7.44. The van der Waals surface area contributed by atoms with Crippen LogP contribution in [0.5, 0.6) is 0 Å². The van der Waals surface area contributed by atoms with E-state index in [0.717, 1.165) is 6.42 Å². The van der Waals surface area contributed by atoms with Gasteiger partial charge in [0.15, 0.2) is 5.03 Å². The number of halogens is 1. The van der Waals surface area contributed by atoms with Gasteiger partial charge in [0.05, 0.1) is 6.33 Å². The fourth-order valence-corrected chi connectivity index (χ4v) is 1.56. The Bertz CT molecular complexity index is 385. The Balaban J connectivity index is 3.00. The van der Waals surface area contributed by atoms with E-state index in [9.17, 15) is 8.42 Å². The van der Waals surface area contributed by atoms with Crippen molar-refractivity contribution in [3.8, 4) is 0 Å². The molecule has 1 rings (SSSR count). The van der Waals surface area contributed by atoms with E-state index in [4.69, 9.17) is 10.7 Å². The summed E-state index contributed by atoms with van der Waals surface area (Å²) in [6.07, 6.45) is 3.83. The molecule has 0 fully saturated rings. The summed E-state index contributed by atoms with van der Waals surface area (Å²) in [6, 6.07) is 0.236. The van der Waals surface area contributed by atoms with Crippen molar-refractivity contribution in [1.29, 1.82) is 0 Å². The first kappa shape index (κ1) is 10.5. The lowest BCUT2D eigenvalue weighted by Gasteiger charge is -2.08. The minimum atomic E-state index is -3.68. The van der Waals surface area contributed by atoms with Crippen molar-refractivity contribution in [2.24, 2.45) is 0 Å². The van der Waals surface area contributed by atoms with Gasteiger partial charge in [-0.25, -0.2) is 13.4 Å². The average Bonchev–Trinajstić information content (AvgIpc) is 2.50. The van der Waals surface area contributed by atoms with E-state index in [-0.39, 0.29) is 11.1 Å². The monoisotopic (exact) mass is 222 g/mol. The molecule has 0 saturated carbocycles. The summed E-state index contributed by atoms with van der Waals surface area (Å²) < 4.78 is 23.4. The van der Waals surface area contributed by atoms with Gasteiger partial charge in [0.25, 0.3) is 9.05 Å². The summed E-state index contributed by atoms with van der Waals surface area (Å²) >= 11 is 0. The van der Waals surface area contributed by atoms with Crippen molar-refractivity contribution in [2.75, 3.05) is 0 Å². The van der Waals surface area contributed by atoms with Gasteiger partial charge in [0.2, 0.25) is 0 Å². The molecule has 0 bridgehead atoms. The highest BCUT2D eigenvalue weighted by molar-refractivity contribution is 8.13. The Hall–Kier alpha value is -0.550. The molecule has 0 radical (unpaired) electrons. The molecule has 0 unspecified atom stereocenters. The van der Waals surface area contributed by atoms with Gasteiger partial charge in [-0.2, -0.15) is 0 Å². The van der Waals surface area contributed by atoms with Crippen LogP contribution in [-0.4, -0.2) is 18.0 Å². The zero-order chi connectivity index (χ0) is 10.1. The second kappa shape index (κ2) is 3.67. The zero-order valence-corrected chi connectivity index (χ0v) is 9.01. The topological polar surface area (TPSA) is 52.0 Å². The molecule has 0 spiro atoms. The number of nitrogens with zero attached hydrogens (tertiary/aromatic N) is 2. The molecular weight excluding hydrogens is 212 g/mol. The lowest BCUT2D eigenvalue weighted by Crippen LogP contribution is -2.00. The van der Waals surface area contributed by atoms with E-state index in [1.165, 1.54) is 12.5 Å². The fourth-order valence-electron chi connectivity index (χ4n) is 0.896. The largest absolute Gasteiger partial charge is 0.333 e. The van der Waals surface area contributed by atoms with Crippen LogP contribution in [0.2, 0.25) is 0 Å². The highest BCUT2D eigenvalue weighted by Gasteiger charge is 2.14. The van der Waals surface area contributed by atoms with Crippen LogP contribution in [0, 0.1) is 0 Å². The van der Waals surface area contributed by atoms with Gasteiger partial charge in [-0.3, -0.25) is 0 Å². The number of hydrogen-bond acceptors (Lipinski definition) is 3. The van der Waals surface area contributed by atoms with Gasteiger partial charge in [0, 0.05) is 22.9 Å². The van der Waals surface area contributed by atoms with Gasteiger partial charge < -0.3 is 4.57 Å². The maximum Gasteiger partial charge on any atom is 0.280 e. The smallest absolute Gasteiger partial charge is 0.280 e. The first-order chi connectivity index (χ1) is 5.95. The van der Waals surface area contributed by atoms with Crippen LogP contribution in [0.15, 0.2) is 17.6 Å². The van der Waals surface area contributed by atoms with Crippen LogP contribution in [-0.2, 0) is 9.05 Å². The minimum absolute atomic E-state index is 0.0885. The normalized spacial score (nSPS) is 14.4. The molecule has 1 heterocycles. The second-order valence-corrected chi connectivity index (χ2v) is 5.37. The Morgan fingerprint density at radius 3 is 2.69 bits per heavy atom. The van der Waals surface area contributed by atoms with Crippen molar-refractivity contribution in [3.05, 3.63) is 12.5 Å². The maximum atomic E-state index is 10.8. The predicted octanol–water partition coefficient (Wildman–Crippen LogP) is 1.78. The van der Waals surface area contributed by atoms with Crippen molar-refractivity contribution >= 4 is 19.7 Å². The standard InChI is InChI=1S/C7H11ClN2O2S/c1-3-6(2)10-4-7(9-5-10)13(8,11)12/h4-6H,3H2,1-2H3/t6-/m1/s1. The van der Waals surface area contributed by atoms with E-state index in [0.29, 0.717) is 0 Å². The maximum absolute atomic E-state index is 10.8. The molecule has 0 amide bonds. The van der Waals surface area contributed by atoms with Crippen molar-refractivity contribution in [3.63, 3.8) is 0 Å². The summed E-state index contributed by atoms with van der Waals surface area (Å²) in [7, 11) is 1.43. The molecule has 1 aromatic rings. The van der Waals surface area contributed by atoms with E-state index in [1.54, 1.807) is 4.57 Å². The third kappa shape index (κ3) is 2.45. The van der Waals surface area contributed by atoms with E-state index < -0.39 is 9.05 Å². The third-order valence-corrected chi connectivity index (χ3v) is 3.11. The summed E-state index contributed by atoms with van der Waals surface area (Å²) in [6.45, 7) is 3.99. The van der Waals surface area contributed by atoms with E-state index in [2.05, 4.69) is 4.98 Å². The lowest BCUT2D eigenvalue weighted by molar-refractivity contribution is 0.529. The number of rotatable bonds is 3. The summed E-state index contributed by atoms with van der Waals surface area (Å²) in [5, 5.41) is -0.0885. The summed E-state index contributed by atoms with van der Waals surface area (Å²) in [5.41, 5.74) is 0. The number of aromatic nitrogens is 2. The molecule has 0 aromatic carbocycles. The van der Waals surface area contributed by atoms with Crippen LogP contribution in [0.4, 0.5) is 0 Å². The molecule has 0 aliphatic rings. The fraction of sp³-hybridized carbons (Fsp3) is 0.571. The summed E-state index contributed by atoms with van der Waals surface area (Å²) in [5.74, 6) is 0. The Labute approximate surface area is 82.0 Å². The molecule has 0 saturated heterocycles. The molecule has 4 nitrogen and oxygen atoms in total. The van der Waals surface area contributed by atoms with Crippen molar-refractivity contribution in [2.45, 2.75) is 31.3 Å². The first-order valence-corrected chi connectivity index (χ1v) is 6.24. The van der Waals surface area contributed by atoms with Gasteiger partial charge in [0.1, 0.15) is 0 Å². The highest BCUT2D eigenvalue weighted by atomic mass is 35.7. The molecular formula is C7H11ClN2O2S. The Morgan fingerprint density at radius 2 is 2.31 bits per heavy atom. The van der Waals surface area contributed by atoms with Gasteiger partial charge in [-0.15, -0.1) is 0 Å².